The molecule has 2 rings (SSSR count). The molecule has 76 valence electrons. The second kappa shape index (κ2) is 4.50. The Bertz CT molecular complexity index is 304. The van der Waals surface area contributed by atoms with E-state index in [-0.39, 0.29) is 0 Å². The van der Waals surface area contributed by atoms with E-state index in [4.69, 9.17) is 0 Å². The lowest BCUT2D eigenvalue weighted by molar-refractivity contribution is 0.714. The smallest absolute Gasteiger partial charge is 0.0376 e. The van der Waals surface area contributed by atoms with Gasteiger partial charge in [0.1, 0.15) is 0 Å². The minimum atomic E-state index is 1.13. The van der Waals surface area contributed by atoms with E-state index in [2.05, 4.69) is 30.4 Å². The monoisotopic (exact) mass is 189 g/mol. The van der Waals surface area contributed by atoms with E-state index in [9.17, 15) is 0 Å². The van der Waals surface area contributed by atoms with Gasteiger partial charge in [-0.15, -0.1) is 0 Å². The maximum atomic E-state index is 3.43. The van der Waals surface area contributed by atoms with Crippen molar-refractivity contribution in [1.29, 1.82) is 0 Å². The number of fused-ring (bicyclic) bond motifs is 1. The highest BCUT2D eigenvalue weighted by Gasteiger charge is 2.12. The number of benzene rings is 1. The van der Waals surface area contributed by atoms with Crippen molar-refractivity contribution < 1.29 is 0 Å². The molecule has 0 saturated heterocycles. The van der Waals surface area contributed by atoms with Gasteiger partial charge in [-0.1, -0.05) is 31.9 Å². The van der Waals surface area contributed by atoms with Gasteiger partial charge in [-0.3, -0.25) is 0 Å². The zero-order chi connectivity index (χ0) is 9.80. The van der Waals surface area contributed by atoms with E-state index in [1.165, 1.54) is 37.8 Å². The van der Waals surface area contributed by atoms with Gasteiger partial charge >= 0.3 is 0 Å². The van der Waals surface area contributed by atoms with Crippen molar-refractivity contribution in [2.75, 3.05) is 11.9 Å². The number of hydrogen-bond donors (Lipinski definition) is 1. The summed E-state index contributed by atoms with van der Waals surface area (Å²) in [7, 11) is 0. The Balaban J connectivity index is 2.06. The standard InChI is InChI=1S/C13H19N/c1-2-3-4-6-11-7-5-8-13-12(11)9-10-14-13/h5,7-8,14H,2-4,6,9-10H2,1H3. The summed E-state index contributed by atoms with van der Waals surface area (Å²) in [4.78, 5) is 0. The summed E-state index contributed by atoms with van der Waals surface area (Å²) >= 11 is 0. The molecule has 0 unspecified atom stereocenters. The summed E-state index contributed by atoms with van der Waals surface area (Å²) in [6, 6.07) is 6.67. The number of anilines is 1. The molecule has 0 radical (unpaired) electrons. The van der Waals surface area contributed by atoms with Crippen LogP contribution in [0, 0.1) is 0 Å². The van der Waals surface area contributed by atoms with Crippen LogP contribution in [0.25, 0.3) is 0 Å². The fourth-order valence-corrected chi connectivity index (χ4v) is 2.22. The molecule has 1 heteroatoms. The first kappa shape index (κ1) is 9.57. The summed E-state index contributed by atoms with van der Waals surface area (Å²) in [5, 5.41) is 3.43. The molecule has 0 spiro atoms. The zero-order valence-electron chi connectivity index (χ0n) is 8.97. The van der Waals surface area contributed by atoms with Crippen LogP contribution in [-0.2, 0) is 12.8 Å². The van der Waals surface area contributed by atoms with E-state index in [0.717, 1.165) is 6.54 Å². The van der Waals surface area contributed by atoms with Crippen LogP contribution in [0.3, 0.4) is 0 Å². The lowest BCUT2D eigenvalue weighted by atomic mass is 9.99. The van der Waals surface area contributed by atoms with Crippen molar-refractivity contribution in [2.45, 2.75) is 39.0 Å². The Hall–Kier alpha value is -0.980. The van der Waals surface area contributed by atoms with Crippen molar-refractivity contribution in [2.24, 2.45) is 0 Å². The lowest BCUT2D eigenvalue weighted by Gasteiger charge is -2.06. The molecule has 1 N–H and O–H groups in total. The summed E-state index contributed by atoms with van der Waals surface area (Å²) in [5.74, 6) is 0. The summed E-state index contributed by atoms with van der Waals surface area (Å²) in [6.45, 7) is 3.39. The van der Waals surface area contributed by atoms with Gasteiger partial charge in [-0.05, 0) is 36.5 Å². The van der Waals surface area contributed by atoms with Crippen LogP contribution in [-0.4, -0.2) is 6.54 Å². The molecule has 0 bridgehead atoms. The van der Waals surface area contributed by atoms with E-state index in [1.807, 2.05) is 0 Å². The minimum absolute atomic E-state index is 1.13. The van der Waals surface area contributed by atoms with Gasteiger partial charge in [0, 0.05) is 12.2 Å². The highest BCUT2D eigenvalue weighted by molar-refractivity contribution is 5.58. The van der Waals surface area contributed by atoms with Gasteiger partial charge in [0.2, 0.25) is 0 Å². The van der Waals surface area contributed by atoms with E-state index < -0.39 is 0 Å². The predicted molar refractivity (Wildman–Crippen MR) is 61.9 cm³/mol. The van der Waals surface area contributed by atoms with Crippen molar-refractivity contribution in [3.8, 4) is 0 Å². The van der Waals surface area contributed by atoms with Crippen molar-refractivity contribution in [3.63, 3.8) is 0 Å². The number of rotatable bonds is 4. The maximum Gasteiger partial charge on any atom is 0.0376 e. The van der Waals surface area contributed by atoms with E-state index >= 15 is 0 Å². The van der Waals surface area contributed by atoms with Crippen LogP contribution in [0.15, 0.2) is 18.2 Å². The van der Waals surface area contributed by atoms with E-state index in [0.29, 0.717) is 0 Å². The summed E-state index contributed by atoms with van der Waals surface area (Å²) in [5.41, 5.74) is 4.52. The van der Waals surface area contributed by atoms with Crippen molar-refractivity contribution in [3.05, 3.63) is 29.3 Å². The van der Waals surface area contributed by atoms with Crippen molar-refractivity contribution in [1.82, 2.24) is 0 Å². The molecular weight excluding hydrogens is 170 g/mol. The first-order chi connectivity index (χ1) is 6.92. The third-order valence-electron chi connectivity index (χ3n) is 3.01. The fraction of sp³-hybridized carbons (Fsp3) is 0.538. The highest BCUT2D eigenvalue weighted by atomic mass is 14.9. The Morgan fingerprint density at radius 3 is 3.07 bits per heavy atom. The molecule has 1 nitrogen and oxygen atoms in total. The summed E-state index contributed by atoms with van der Waals surface area (Å²) in [6.07, 6.45) is 6.49. The van der Waals surface area contributed by atoms with Crippen LogP contribution < -0.4 is 5.32 Å². The first-order valence-corrected chi connectivity index (χ1v) is 5.76. The molecule has 1 aliphatic heterocycles. The maximum absolute atomic E-state index is 3.43. The molecule has 0 amide bonds. The average molecular weight is 189 g/mol. The molecule has 1 aliphatic rings. The highest BCUT2D eigenvalue weighted by Crippen LogP contribution is 2.26. The first-order valence-electron chi connectivity index (χ1n) is 5.76. The third kappa shape index (κ3) is 1.92. The molecule has 0 fully saturated rings. The number of unbranched alkanes of at least 4 members (excludes halogenated alkanes) is 2. The zero-order valence-corrected chi connectivity index (χ0v) is 8.97. The molecular formula is C13H19N. The van der Waals surface area contributed by atoms with Gasteiger partial charge in [-0.25, -0.2) is 0 Å². The largest absolute Gasteiger partial charge is 0.384 e. The van der Waals surface area contributed by atoms with Crippen LogP contribution in [0.2, 0.25) is 0 Å². The predicted octanol–water partition coefficient (Wildman–Crippen LogP) is 3.39. The quantitative estimate of drug-likeness (QED) is 0.716. The van der Waals surface area contributed by atoms with Gasteiger partial charge in [-0.2, -0.15) is 0 Å². The third-order valence-corrected chi connectivity index (χ3v) is 3.01. The SMILES string of the molecule is CCCCCc1cccc2c1CCN2. The molecule has 0 aromatic heterocycles. The van der Waals surface area contributed by atoms with E-state index in [1.54, 1.807) is 11.1 Å². The average Bonchev–Trinajstić information content (AvgIpc) is 2.67. The van der Waals surface area contributed by atoms with Crippen LogP contribution in [0.4, 0.5) is 5.69 Å². The van der Waals surface area contributed by atoms with Crippen LogP contribution in [0.5, 0.6) is 0 Å². The topological polar surface area (TPSA) is 12.0 Å². The molecule has 0 saturated carbocycles. The van der Waals surface area contributed by atoms with Gasteiger partial charge in [0.15, 0.2) is 0 Å². The molecule has 1 aromatic carbocycles. The fourth-order valence-electron chi connectivity index (χ4n) is 2.22. The minimum Gasteiger partial charge on any atom is -0.384 e. The molecule has 1 aromatic rings. The molecule has 0 aliphatic carbocycles. The summed E-state index contributed by atoms with van der Waals surface area (Å²) < 4.78 is 0. The molecule has 1 heterocycles. The van der Waals surface area contributed by atoms with Crippen molar-refractivity contribution >= 4 is 5.69 Å². The molecule has 14 heavy (non-hydrogen) atoms. The Morgan fingerprint density at radius 1 is 1.29 bits per heavy atom. The van der Waals surface area contributed by atoms with Gasteiger partial charge in [0.05, 0.1) is 0 Å². The van der Waals surface area contributed by atoms with Crippen LogP contribution in [0.1, 0.15) is 37.3 Å². The number of nitrogens with one attached hydrogen (secondary N) is 1. The second-order valence-corrected chi connectivity index (χ2v) is 4.08. The Kier molecular flexibility index (Phi) is 3.07. The van der Waals surface area contributed by atoms with Crippen LogP contribution >= 0.6 is 0 Å². The second-order valence-electron chi connectivity index (χ2n) is 4.08. The number of aryl methyl sites for hydroxylation is 1. The van der Waals surface area contributed by atoms with Gasteiger partial charge < -0.3 is 5.32 Å². The lowest BCUT2D eigenvalue weighted by Crippen LogP contribution is -1.91. The van der Waals surface area contributed by atoms with Gasteiger partial charge in [0.25, 0.3) is 0 Å². The molecule has 0 atom stereocenters. The Labute approximate surface area is 86.5 Å². The Morgan fingerprint density at radius 2 is 2.21 bits per heavy atom. The number of hydrogen-bond acceptors (Lipinski definition) is 1. The normalized spacial score (nSPS) is 13.8.